The largest absolute Gasteiger partial charge is 0.573 e. The van der Waals surface area contributed by atoms with Gasteiger partial charge in [-0.1, -0.05) is 72.0 Å². The average Bonchev–Trinajstić information content (AvgIpc) is 3.72. The van der Waals surface area contributed by atoms with E-state index in [0.29, 0.717) is 29.5 Å². The molecule has 292 valence electrons. The third kappa shape index (κ3) is 9.96. The van der Waals surface area contributed by atoms with Gasteiger partial charge in [-0.15, -0.1) is 13.2 Å². The number of hydrogen-bond donors (Lipinski definition) is 2. The fourth-order valence-electron chi connectivity index (χ4n) is 6.12. The summed E-state index contributed by atoms with van der Waals surface area (Å²) in [5.74, 6) is -2.42. The summed E-state index contributed by atoms with van der Waals surface area (Å²) in [5, 5.41) is 14.8. The number of halogens is 3. The Kier molecular flexibility index (Phi) is 12.6. The number of imide groups is 1. The number of rotatable bonds is 16. The Labute approximate surface area is 325 Å². The lowest BCUT2D eigenvalue weighted by atomic mass is 9.93. The quantitative estimate of drug-likeness (QED) is 0.0661. The minimum Gasteiger partial charge on any atom is -0.505 e. The van der Waals surface area contributed by atoms with Crippen LogP contribution >= 0.6 is 11.3 Å². The molecule has 4 amide bonds. The number of thiazole rings is 1. The molecule has 0 saturated heterocycles. The van der Waals surface area contributed by atoms with Crippen LogP contribution in [0.2, 0.25) is 0 Å². The van der Waals surface area contributed by atoms with Crippen molar-refractivity contribution < 1.29 is 42.2 Å². The second-order valence-corrected chi connectivity index (χ2v) is 14.7. The van der Waals surface area contributed by atoms with Gasteiger partial charge < -0.3 is 15.2 Å². The Balaban J connectivity index is 1.44. The Hall–Kier alpha value is -6.09. The highest BCUT2D eigenvalue weighted by Gasteiger charge is 2.35. The zero-order valence-electron chi connectivity index (χ0n) is 30.9. The van der Waals surface area contributed by atoms with E-state index < -0.39 is 41.4 Å². The Morgan fingerprint density at radius 3 is 2.34 bits per heavy atom. The molecular weight excluding hydrogens is 748 g/mol. The number of alkyl halides is 3. The minimum absolute atomic E-state index is 0.0270. The van der Waals surface area contributed by atoms with Crippen molar-refractivity contribution in [2.24, 2.45) is 4.99 Å². The maximum atomic E-state index is 14.6. The van der Waals surface area contributed by atoms with Crippen LogP contribution in [0.1, 0.15) is 69.2 Å². The van der Waals surface area contributed by atoms with Gasteiger partial charge in [0.1, 0.15) is 17.2 Å². The van der Waals surface area contributed by atoms with Crippen LogP contribution < -0.4 is 15.0 Å². The van der Waals surface area contributed by atoms with Crippen LogP contribution in [-0.4, -0.2) is 63.8 Å². The van der Waals surface area contributed by atoms with Gasteiger partial charge in [0.25, 0.3) is 11.8 Å². The van der Waals surface area contributed by atoms with E-state index in [2.05, 4.69) is 28.3 Å². The first kappa shape index (κ1) is 41.1. The van der Waals surface area contributed by atoms with Crippen LogP contribution in [0.3, 0.4) is 0 Å². The number of anilines is 1. The van der Waals surface area contributed by atoms with Gasteiger partial charge in [-0.3, -0.25) is 34.0 Å². The number of aromatic nitrogens is 1. The van der Waals surface area contributed by atoms with E-state index >= 15 is 0 Å². The molecule has 0 saturated carbocycles. The van der Waals surface area contributed by atoms with Crippen LogP contribution in [0, 0.1) is 0 Å². The van der Waals surface area contributed by atoms with E-state index in [9.17, 15) is 37.5 Å². The summed E-state index contributed by atoms with van der Waals surface area (Å²) in [6.45, 7) is 12.8. The van der Waals surface area contributed by atoms with Gasteiger partial charge in [0.2, 0.25) is 11.8 Å². The number of nitrogens with zero attached hydrogens (tertiary/aromatic N) is 4. The normalized spacial score (nSPS) is 13.9. The lowest BCUT2D eigenvalue weighted by Crippen LogP contribution is -2.44. The summed E-state index contributed by atoms with van der Waals surface area (Å²) in [5.41, 5.74) is 1.91. The first-order chi connectivity index (χ1) is 26.5. The van der Waals surface area contributed by atoms with Gasteiger partial charge in [-0.2, -0.15) is 0 Å². The van der Waals surface area contributed by atoms with Crippen molar-refractivity contribution >= 4 is 68.8 Å². The van der Waals surface area contributed by atoms with Crippen LogP contribution in [-0.2, 0) is 19.2 Å². The van der Waals surface area contributed by atoms with Gasteiger partial charge in [0.05, 0.1) is 16.3 Å². The van der Waals surface area contributed by atoms with Gasteiger partial charge in [0, 0.05) is 48.2 Å². The summed E-state index contributed by atoms with van der Waals surface area (Å²) in [6.07, 6.45) is 1.41. The second kappa shape index (κ2) is 17.1. The number of fused-ring (bicyclic) bond motifs is 1. The monoisotopic (exact) mass is 787 g/mol. The topological polar surface area (TPSA) is 142 Å². The van der Waals surface area contributed by atoms with E-state index in [1.54, 1.807) is 18.2 Å². The number of hydrogen-bond acceptors (Lipinski definition) is 9. The first-order valence-electron chi connectivity index (χ1n) is 17.5. The van der Waals surface area contributed by atoms with Crippen molar-refractivity contribution in [2.75, 3.05) is 11.4 Å². The Morgan fingerprint density at radius 1 is 1.04 bits per heavy atom. The number of amides is 4. The molecule has 1 unspecified atom stereocenters. The molecule has 1 aromatic heterocycles. The van der Waals surface area contributed by atoms with Gasteiger partial charge in [0.15, 0.2) is 5.13 Å². The van der Waals surface area contributed by atoms with Crippen molar-refractivity contribution in [1.29, 1.82) is 0 Å². The summed E-state index contributed by atoms with van der Waals surface area (Å²) in [6, 6.07) is 14.5. The summed E-state index contributed by atoms with van der Waals surface area (Å²) in [7, 11) is 0. The molecule has 0 fully saturated rings. The molecule has 11 nitrogen and oxygen atoms in total. The van der Waals surface area contributed by atoms with Crippen LogP contribution in [0.5, 0.6) is 11.5 Å². The Bertz CT molecular complexity index is 2180. The number of benzene rings is 3. The van der Waals surface area contributed by atoms with Gasteiger partial charge in [-0.25, -0.2) is 4.98 Å². The maximum Gasteiger partial charge on any atom is 0.573 e. The van der Waals surface area contributed by atoms with E-state index in [1.165, 1.54) is 34.4 Å². The van der Waals surface area contributed by atoms with Gasteiger partial charge in [-0.05, 0) is 70.2 Å². The predicted octanol–water partition coefficient (Wildman–Crippen LogP) is 8.32. The number of carbonyl (C=O) groups excluding carboxylic acids is 4. The molecule has 1 atom stereocenters. The molecular formula is C41H40F3N5O6S. The van der Waals surface area contributed by atoms with Crippen LogP contribution in [0.4, 0.5) is 24.0 Å². The number of phenols is 1. The van der Waals surface area contributed by atoms with E-state index in [1.807, 2.05) is 45.0 Å². The lowest BCUT2D eigenvalue weighted by Gasteiger charge is -2.32. The standard InChI is InChI=1S/C41H40F3N5O6S/c1-6-26-14-17-29(38(54)36(26)45-5)37(27-12-15-28(16-13-27)55-41(42,43)44)49(39-46-30-9-7-8-10-31(30)56-39)35(53)18-11-25(2)21-23-40(3,4)47-32(50)22-24-48-33(51)19-20-34(48)52/h6-10,12-17,19-21,37,54H,1,5,11,18,22-24H2,2-4H3,(H,47,50)/b25-21-. The lowest BCUT2D eigenvalue weighted by molar-refractivity contribution is -0.274. The molecule has 0 spiro atoms. The number of nitrogens with one attached hydrogen (secondary N) is 1. The molecule has 5 rings (SSSR count). The minimum atomic E-state index is -4.92. The number of aliphatic imine (C=N–C) groups is 1. The Morgan fingerprint density at radius 2 is 1.71 bits per heavy atom. The molecule has 0 radical (unpaired) electrons. The van der Waals surface area contributed by atoms with Crippen LogP contribution in [0.25, 0.3) is 16.3 Å². The predicted molar refractivity (Wildman–Crippen MR) is 210 cm³/mol. The SMILES string of the molecule is C=Cc1ccc(C(c2ccc(OC(F)(F)F)cc2)N(C(=O)CC/C(C)=C\CC(C)(C)NC(=O)CCN2C(=O)C=CC2=O)c2nc3ccccc3s2)c(O)c1N=C. The molecule has 1 aliphatic rings. The zero-order chi connectivity index (χ0) is 40.8. The number of ether oxygens (including phenoxy) is 1. The molecule has 2 heterocycles. The molecule has 2 N–H and O–H groups in total. The molecule has 0 aliphatic carbocycles. The zero-order valence-corrected chi connectivity index (χ0v) is 31.7. The number of allylic oxidation sites excluding steroid dienone is 1. The van der Waals surface area contributed by atoms with Crippen LogP contribution in [0.15, 0.2) is 96.0 Å². The van der Waals surface area contributed by atoms with Crippen molar-refractivity contribution in [2.45, 2.75) is 64.4 Å². The number of aromatic hydroxyl groups is 1. The highest BCUT2D eigenvalue weighted by Crippen LogP contribution is 2.45. The molecule has 4 aromatic rings. The maximum absolute atomic E-state index is 14.6. The third-order valence-electron chi connectivity index (χ3n) is 8.97. The average molecular weight is 788 g/mol. The number of para-hydroxylation sites is 1. The fraction of sp³-hybridized carbons (Fsp3) is 0.268. The highest BCUT2D eigenvalue weighted by atomic mass is 32.1. The number of phenolic OH excluding ortho intramolecular Hbond substituents is 1. The molecule has 3 aromatic carbocycles. The van der Waals surface area contributed by atoms with Crippen molar-refractivity contribution in [3.8, 4) is 11.5 Å². The van der Waals surface area contributed by atoms with E-state index in [0.717, 1.165) is 39.5 Å². The summed E-state index contributed by atoms with van der Waals surface area (Å²) >= 11 is 1.24. The van der Waals surface area contributed by atoms with Gasteiger partial charge >= 0.3 is 6.36 Å². The summed E-state index contributed by atoms with van der Waals surface area (Å²) in [4.78, 5) is 62.1. The molecule has 56 heavy (non-hydrogen) atoms. The highest BCUT2D eigenvalue weighted by molar-refractivity contribution is 7.22. The third-order valence-corrected chi connectivity index (χ3v) is 10.0. The fourth-order valence-corrected chi connectivity index (χ4v) is 7.13. The summed E-state index contributed by atoms with van der Waals surface area (Å²) < 4.78 is 44.1. The molecule has 0 bridgehead atoms. The first-order valence-corrected chi connectivity index (χ1v) is 18.3. The second-order valence-electron chi connectivity index (χ2n) is 13.6. The number of carbonyl (C=O) groups is 4. The molecule has 15 heteroatoms. The van der Waals surface area contributed by atoms with E-state index in [4.69, 9.17) is 4.98 Å². The van der Waals surface area contributed by atoms with Crippen molar-refractivity contribution in [3.05, 3.63) is 108 Å². The van der Waals surface area contributed by atoms with Crippen molar-refractivity contribution in [3.63, 3.8) is 0 Å². The smallest absolute Gasteiger partial charge is 0.505 e. The van der Waals surface area contributed by atoms with Crippen molar-refractivity contribution in [1.82, 2.24) is 15.2 Å². The molecule has 1 aliphatic heterocycles. The van der Waals surface area contributed by atoms with E-state index in [-0.39, 0.29) is 47.4 Å².